The normalized spacial score (nSPS) is 12.2. The summed E-state index contributed by atoms with van der Waals surface area (Å²) in [6.45, 7) is 3.71. The fourth-order valence-corrected chi connectivity index (χ4v) is 2.85. The molecule has 1 rings (SSSR count). The van der Waals surface area contributed by atoms with E-state index < -0.39 is 11.9 Å². The fourth-order valence-electron chi connectivity index (χ4n) is 1.33. The number of aryl methyl sites for hydroxylation is 1. The second-order valence-corrected chi connectivity index (χ2v) is 6.36. The summed E-state index contributed by atoms with van der Waals surface area (Å²) in [6.07, 6.45) is 0. The van der Waals surface area contributed by atoms with Gasteiger partial charge in [0, 0.05) is 13.6 Å². The lowest BCUT2D eigenvalue weighted by Crippen LogP contribution is -2.33. The van der Waals surface area contributed by atoms with Crippen LogP contribution in [0.15, 0.2) is 9.85 Å². The minimum absolute atomic E-state index is 0.142. The van der Waals surface area contributed by atoms with Crippen LogP contribution in [-0.2, 0) is 4.79 Å². The smallest absolute Gasteiger partial charge is 0.308 e. The van der Waals surface area contributed by atoms with Crippen LogP contribution in [0.2, 0.25) is 0 Å². The van der Waals surface area contributed by atoms with Gasteiger partial charge in [0.05, 0.1) is 14.6 Å². The van der Waals surface area contributed by atoms with Gasteiger partial charge in [0.2, 0.25) is 0 Å². The summed E-state index contributed by atoms with van der Waals surface area (Å²) in [4.78, 5) is 24.8. The molecule has 0 radical (unpaired) electrons. The van der Waals surface area contributed by atoms with Crippen molar-refractivity contribution >= 4 is 39.1 Å². The van der Waals surface area contributed by atoms with Gasteiger partial charge in [-0.25, -0.2) is 0 Å². The molecule has 1 amide bonds. The van der Waals surface area contributed by atoms with E-state index in [-0.39, 0.29) is 12.5 Å². The lowest BCUT2D eigenvalue weighted by Gasteiger charge is -2.18. The zero-order valence-corrected chi connectivity index (χ0v) is 12.3. The van der Waals surface area contributed by atoms with E-state index in [2.05, 4.69) is 15.9 Å². The van der Waals surface area contributed by atoms with Crippen LogP contribution in [-0.4, -0.2) is 35.5 Å². The Balaban J connectivity index is 2.73. The molecule has 94 valence electrons. The number of amides is 1. The molecule has 1 aromatic rings. The van der Waals surface area contributed by atoms with Crippen molar-refractivity contribution < 1.29 is 14.7 Å². The first-order chi connectivity index (χ1) is 7.82. The van der Waals surface area contributed by atoms with Crippen LogP contribution >= 0.6 is 27.3 Å². The van der Waals surface area contributed by atoms with Gasteiger partial charge in [-0.05, 0) is 34.5 Å². The third kappa shape index (κ3) is 3.54. The van der Waals surface area contributed by atoms with E-state index in [1.165, 1.54) is 16.2 Å². The highest BCUT2D eigenvalue weighted by Crippen LogP contribution is 2.28. The van der Waals surface area contributed by atoms with Crippen LogP contribution in [0.5, 0.6) is 0 Å². The maximum absolute atomic E-state index is 12.0. The maximum Gasteiger partial charge on any atom is 0.308 e. The summed E-state index contributed by atoms with van der Waals surface area (Å²) in [5, 5.41) is 8.79. The molecule has 6 heteroatoms. The van der Waals surface area contributed by atoms with Crippen molar-refractivity contribution in [1.29, 1.82) is 0 Å². The predicted molar refractivity (Wildman–Crippen MR) is 70.5 cm³/mol. The number of aliphatic carboxylic acids is 1. The molecule has 0 saturated heterocycles. The molecule has 1 atom stereocenters. The maximum atomic E-state index is 12.0. The summed E-state index contributed by atoms with van der Waals surface area (Å²) < 4.78 is 0.931. The predicted octanol–water partition coefficient (Wildman–Crippen LogP) is 2.61. The first kappa shape index (κ1) is 14.2. The number of carboxylic acid groups (broad SMARTS) is 1. The van der Waals surface area contributed by atoms with Gasteiger partial charge in [0.1, 0.15) is 0 Å². The van der Waals surface area contributed by atoms with E-state index in [9.17, 15) is 9.59 Å². The van der Waals surface area contributed by atoms with Gasteiger partial charge in [-0.2, -0.15) is 0 Å². The van der Waals surface area contributed by atoms with Crippen molar-refractivity contribution in [3.05, 3.63) is 20.3 Å². The zero-order valence-electron chi connectivity index (χ0n) is 9.86. The summed E-state index contributed by atoms with van der Waals surface area (Å²) in [5.74, 6) is -1.60. The van der Waals surface area contributed by atoms with Gasteiger partial charge in [-0.1, -0.05) is 6.92 Å². The Kier molecular flexibility index (Phi) is 4.70. The van der Waals surface area contributed by atoms with Crippen molar-refractivity contribution in [2.24, 2.45) is 5.92 Å². The number of hydrogen-bond acceptors (Lipinski definition) is 3. The zero-order chi connectivity index (χ0) is 13.2. The Morgan fingerprint density at radius 2 is 2.18 bits per heavy atom. The minimum Gasteiger partial charge on any atom is -0.481 e. The Bertz CT molecular complexity index is 424. The van der Waals surface area contributed by atoms with Crippen molar-refractivity contribution in [3.63, 3.8) is 0 Å². The number of thiophene rings is 1. The molecular weight excluding hydrogens is 306 g/mol. The van der Waals surface area contributed by atoms with Gasteiger partial charge in [0.25, 0.3) is 5.91 Å². The highest BCUT2D eigenvalue weighted by atomic mass is 79.9. The van der Waals surface area contributed by atoms with E-state index in [0.29, 0.717) is 4.88 Å². The molecule has 0 aliphatic heterocycles. The number of hydrogen-bond donors (Lipinski definition) is 1. The molecule has 1 N–H and O–H groups in total. The van der Waals surface area contributed by atoms with E-state index >= 15 is 0 Å². The third-order valence-electron chi connectivity index (χ3n) is 2.38. The summed E-state index contributed by atoms with van der Waals surface area (Å²) >= 11 is 4.73. The van der Waals surface area contributed by atoms with Crippen LogP contribution in [0.4, 0.5) is 0 Å². The molecule has 0 bridgehead atoms. The van der Waals surface area contributed by atoms with Gasteiger partial charge >= 0.3 is 5.97 Å². The van der Waals surface area contributed by atoms with E-state index in [1.807, 2.05) is 6.92 Å². The highest BCUT2D eigenvalue weighted by molar-refractivity contribution is 9.11. The topological polar surface area (TPSA) is 57.6 Å². The number of carbonyl (C=O) groups is 2. The van der Waals surface area contributed by atoms with Gasteiger partial charge < -0.3 is 10.0 Å². The molecule has 0 aliphatic carbocycles. The monoisotopic (exact) mass is 319 g/mol. The van der Waals surface area contributed by atoms with Crippen molar-refractivity contribution in [2.75, 3.05) is 13.6 Å². The summed E-state index contributed by atoms with van der Waals surface area (Å²) in [7, 11) is 1.62. The van der Waals surface area contributed by atoms with E-state index in [0.717, 1.165) is 9.35 Å². The second-order valence-electron chi connectivity index (χ2n) is 3.99. The number of nitrogens with zero attached hydrogens (tertiary/aromatic N) is 1. The molecule has 17 heavy (non-hydrogen) atoms. The van der Waals surface area contributed by atoms with Crippen LogP contribution in [0, 0.1) is 12.8 Å². The molecule has 4 nitrogen and oxygen atoms in total. The molecule has 1 unspecified atom stereocenters. The first-order valence-electron chi connectivity index (χ1n) is 5.07. The first-order valence-corrected chi connectivity index (χ1v) is 6.68. The average molecular weight is 320 g/mol. The Hall–Kier alpha value is -0.880. The Morgan fingerprint density at radius 3 is 2.59 bits per heavy atom. The van der Waals surface area contributed by atoms with Crippen molar-refractivity contribution in [1.82, 2.24) is 4.90 Å². The number of rotatable bonds is 4. The molecule has 1 heterocycles. The van der Waals surface area contributed by atoms with Gasteiger partial charge in [-0.15, -0.1) is 11.3 Å². The van der Waals surface area contributed by atoms with Crippen LogP contribution in [0.25, 0.3) is 0 Å². The van der Waals surface area contributed by atoms with Gasteiger partial charge in [-0.3, -0.25) is 9.59 Å². The van der Waals surface area contributed by atoms with E-state index in [4.69, 9.17) is 5.11 Å². The third-order valence-corrected chi connectivity index (χ3v) is 4.51. The fraction of sp³-hybridized carbons (Fsp3) is 0.455. The second kappa shape index (κ2) is 5.64. The Labute approximate surface area is 112 Å². The van der Waals surface area contributed by atoms with Crippen molar-refractivity contribution in [2.45, 2.75) is 13.8 Å². The molecule has 1 aromatic heterocycles. The quantitative estimate of drug-likeness (QED) is 0.928. The SMILES string of the molecule is Cc1cc(C(=O)N(C)CC(C)C(=O)O)sc1Br. The van der Waals surface area contributed by atoms with Crippen LogP contribution in [0.3, 0.4) is 0 Å². The highest BCUT2D eigenvalue weighted by Gasteiger charge is 2.20. The molecule has 0 fully saturated rings. The number of carbonyl (C=O) groups excluding carboxylic acids is 1. The Morgan fingerprint density at radius 1 is 1.59 bits per heavy atom. The molecule has 0 saturated carbocycles. The summed E-state index contributed by atoms with van der Waals surface area (Å²) in [5.41, 5.74) is 1.01. The molecule has 0 spiro atoms. The van der Waals surface area contributed by atoms with Crippen molar-refractivity contribution in [3.8, 4) is 0 Å². The largest absolute Gasteiger partial charge is 0.481 e. The minimum atomic E-state index is -0.895. The van der Waals surface area contributed by atoms with Gasteiger partial charge in [0.15, 0.2) is 0 Å². The standard InChI is InChI=1S/C11H14BrNO3S/c1-6-4-8(17-9(6)12)10(14)13(3)5-7(2)11(15)16/h4,7H,5H2,1-3H3,(H,15,16). The van der Waals surface area contributed by atoms with E-state index in [1.54, 1.807) is 20.0 Å². The molecule has 0 aliphatic rings. The van der Waals surface area contributed by atoms with Crippen LogP contribution < -0.4 is 0 Å². The number of halogens is 1. The lowest BCUT2D eigenvalue weighted by molar-refractivity contribution is -0.141. The lowest BCUT2D eigenvalue weighted by atomic mass is 10.2. The number of carboxylic acids is 1. The average Bonchev–Trinajstić information content (AvgIpc) is 2.57. The molecule has 0 aromatic carbocycles. The molecular formula is C11H14BrNO3S. The summed E-state index contributed by atoms with van der Waals surface area (Å²) in [6, 6.07) is 1.80. The van der Waals surface area contributed by atoms with Crippen LogP contribution in [0.1, 0.15) is 22.2 Å².